The number of nitriles is 1. The average molecular weight is 238 g/mol. The van der Waals surface area contributed by atoms with Crippen molar-refractivity contribution in [3.05, 3.63) is 0 Å². The third-order valence-electron chi connectivity index (χ3n) is 2.17. The average Bonchev–Trinajstić information content (AvgIpc) is 2.15. The molecule has 0 amide bonds. The van der Waals surface area contributed by atoms with Crippen molar-refractivity contribution in [1.29, 1.82) is 5.26 Å². The van der Waals surface area contributed by atoms with Gasteiger partial charge in [-0.3, -0.25) is 0 Å². The molecule has 0 aromatic heterocycles. The van der Waals surface area contributed by atoms with E-state index in [9.17, 15) is 13.2 Å². The molecule has 0 aromatic rings. The maximum atomic E-state index is 12.0. The van der Waals surface area contributed by atoms with Crippen LogP contribution in [0.3, 0.4) is 0 Å². The van der Waals surface area contributed by atoms with Crippen molar-refractivity contribution in [3.8, 4) is 6.07 Å². The predicted molar refractivity (Wildman–Crippen MR) is 53.5 cm³/mol. The van der Waals surface area contributed by atoms with Crippen molar-refractivity contribution in [2.75, 3.05) is 6.61 Å². The second-order valence-corrected chi connectivity index (χ2v) is 4.04. The highest BCUT2D eigenvalue weighted by Crippen LogP contribution is 2.22. The van der Waals surface area contributed by atoms with E-state index in [1.165, 1.54) is 0 Å². The Morgan fingerprint density at radius 1 is 1.38 bits per heavy atom. The highest BCUT2D eigenvalue weighted by Gasteiger charge is 2.36. The van der Waals surface area contributed by atoms with E-state index in [-0.39, 0.29) is 6.61 Å². The van der Waals surface area contributed by atoms with Gasteiger partial charge in [0, 0.05) is 6.61 Å². The standard InChI is InChI=1S/C10H17F3N2O/c1-8(10(11,12)13)16-6-4-3-5-9(2,15)7-14/h8H,3-6,15H2,1-2H3. The van der Waals surface area contributed by atoms with Crippen LogP contribution in [-0.4, -0.2) is 24.4 Å². The molecule has 0 rings (SSSR count). The minimum absolute atomic E-state index is 0.0299. The van der Waals surface area contributed by atoms with Gasteiger partial charge in [-0.05, 0) is 33.1 Å². The van der Waals surface area contributed by atoms with Crippen LogP contribution < -0.4 is 5.73 Å². The lowest BCUT2D eigenvalue weighted by molar-refractivity contribution is -0.214. The Balaban J connectivity index is 3.60. The molecule has 0 saturated carbocycles. The van der Waals surface area contributed by atoms with E-state index < -0.39 is 17.8 Å². The SMILES string of the molecule is CC(OCCCCC(C)(N)C#N)C(F)(F)F. The van der Waals surface area contributed by atoms with E-state index in [2.05, 4.69) is 4.74 Å². The molecule has 0 aliphatic heterocycles. The lowest BCUT2D eigenvalue weighted by atomic mass is 9.98. The Kier molecular flexibility index (Phi) is 5.76. The smallest absolute Gasteiger partial charge is 0.369 e. The molecule has 2 unspecified atom stereocenters. The van der Waals surface area contributed by atoms with E-state index in [1.807, 2.05) is 6.07 Å². The summed E-state index contributed by atoms with van der Waals surface area (Å²) in [5, 5.41) is 8.59. The fourth-order valence-electron chi connectivity index (χ4n) is 1.00. The van der Waals surface area contributed by atoms with Crippen molar-refractivity contribution in [3.63, 3.8) is 0 Å². The topological polar surface area (TPSA) is 59.0 Å². The van der Waals surface area contributed by atoms with Crippen molar-refractivity contribution >= 4 is 0 Å². The summed E-state index contributed by atoms with van der Waals surface area (Å²) in [5.74, 6) is 0. The van der Waals surface area contributed by atoms with Crippen LogP contribution in [0.5, 0.6) is 0 Å². The van der Waals surface area contributed by atoms with Gasteiger partial charge in [-0.15, -0.1) is 0 Å². The molecule has 2 atom stereocenters. The summed E-state index contributed by atoms with van der Waals surface area (Å²) in [6, 6.07) is 1.92. The first-order valence-electron chi connectivity index (χ1n) is 5.07. The fraction of sp³-hybridized carbons (Fsp3) is 0.900. The van der Waals surface area contributed by atoms with E-state index in [0.29, 0.717) is 19.3 Å². The number of nitrogens with zero attached hydrogens (tertiary/aromatic N) is 1. The Bertz CT molecular complexity index is 245. The molecule has 0 heterocycles. The summed E-state index contributed by atoms with van der Waals surface area (Å²) in [6.45, 7) is 2.59. The number of nitrogens with two attached hydrogens (primary N) is 1. The van der Waals surface area contributed by atoms with Crippen LogP contribution in [0.15, 0.2) is 0 Å². The number of ether oxygens (including phenoxy) is 1. The number of hydrogen-bond acceptors (Lipinski definition) is 3. The van der Waals surface area contributed by atoms with Gasteiger partial charge < -0.3 is 10.5 Å². The van der Waals surface area contributed by atoms with Gasteiger partial charge in [-0.1, -0.05) is 0 Å². The van der Waals surface area contributed by atoms with E-state index >= 15 is 0 Å². The zero-order valence-electron chi connectivity index (χ0n) is 9.47. The number of hydrogen-bond donors (Lipinski definition) is 1. The van der Waals surface area contributed by atoms with Crippen molar-refractivity contribution in [1.82, 2.24) is 0 Å². The van der Waals surface area contributed by atoms with Crippen LogP contribution in [0.2, 0.25) is 0 Å². The first kappa shape index (κ1) is 15.2. The Morgan fingerprint density at radius 2 is 1.94 bits per heavy atom. The molecule has 0 aromatic carbocycles. The van der Waals surface area contributed by atoms with Crippen LogP contribution in [-0.2, 0) is 4.74 Å². The van der Waals surface area contributed by atoms with Crippen LogP contribution in [0.4, 0.5) is 13.2 Å². The Morgan fingerprint density at radius 3 is 2.38 bits per heavy atom. The lowest BCUT2D eigenvalue weighted by Gasteiger charge is -2.17. The molecule has 0 aliphatic carbocycles. The molecular formula is C10H17F3N2O. The van der Waals surface area contributed by atoms with Crippen molar-refractivity contribution < 1.29 is 17.9 Å². The lowest BCUT2D eigenvalue weighted by Crippen LogP contribution is -2.34. The number of alkyl halides is 3. The van der Waals surface area contributed by atoms with Gasteiger partial charge in [0.2, 0.25) is 0 Å². The normalized spacial score (nSPS) is 17.6. The molecular weight excluding hydrogens is 221 g/mol. The van der Waals surface area contributed by atoms with Crippen LogP contribution in [0, 0.1) is 11.3 Å². The third kappa shape index (κ3) is 6.64. The second kappa shape index (κ2) is 6.06. The van der Waals surface area contributed by atoms with Gasteiger partial charge in [0.1, 0.15) is 5.54 Å². The van der Waals surface area contributed by atoms with E-state index in [1.54, 1.807) is 6.92 Å². The van der Waals surface area contributed by atoms with Gasteiger partial charge in [0.25, 0.3) is 0 Å². The van der Waals surface area contributed by atoms with Gasteiger partial charge in [0.15, 0.2) is 6.10 Å². The molecule has 6 heteroatoms. The van der Waals surface area contributed by atoms with Crippen molar-refractivity contribution in [2.45, 2.75) is 50.9 Å². The maximum absolute atomic E-state index is 12.0. The third-order valence-corrected chi connectivity index (χ3v) is 2.17. The van der Waals surface area contributed by atoms with Crippen LogP contribution in [0.25, 0.3) is 0 Å². The quantitative estimate of drug-likeness (QED) is 0.723. The molecule has 3 nitrogen and oxygen atoms in total. The maximum Gasteiger partial charge on any atom is 0.414 e. The molecule has 0 bridgehead atoms. The molecule has 0 fully saturated rings. The number of rotatable bonds is 6. The zero-order chi connectivity index (χ0) is 12.8. The molecule has 2 N–H and O–H groups in total. The first-order chi connectivity index (χ1) is 7.19. The highest BCUT2D eigenvalue weighted by molar-refractivity contribution is 5.00. The minimum Gasteiger partial charge on any atom is -0.369 e. The molecule has 0 saturated heterocycles. The molecule has 0 radical (unpaired) electrons. The Hall–Kier alpha value is -0.800. The summed E-state index contributed by atoms with van der Waals surface area (Å²) in [5.41, 5.74) is 4.64. The summed E-state index contributed by atoms with van der Waals surface area (Å²) < 4.78 is 40.6. The molecule has 94 valence electrons. The fourth-order valence-corrected chi connectivity index (χ4v) is 1.00. The summed E-state index contributed by atoms with van der Waals surface area (Å²) >= 11 is 0. The molecule has 0 spiro atoms. The minimum atomic E-state index is -4.31. The molecule has 0 aliphatic rings. The van der Waals surface area contributed by atoms with Gasteiger partial charge in [0.05, 0.1) is 6.07 Å². The number of unbranched alkanes of at least 4 members (excludes halogenated alkanes) is 1. The van der Waals surface area contributed by atoms with Gasteiger partial charge in [-0.25, -0.2) is 0 Å². The first-order valence-corrected chi connectivity index (χ1v) is 5.07. The summed E-state index contributed by atoms with van der Waals surface area (Å²) in [7, 11) is 0. The predicted octanol–water partition coefficient (Wildman–Crippen LogP) is 2.37. The highest BCUT2D eigenvalue weighted by atomic mass is 19.4. The Labute approximate surface area is 93.4 Å². The summed E-state index contributed by atoms with van der Waals surface area (Å²) in [4.78, 5) is 0. The van der Waals surface area contributed by atoms with Crippen LogP contribution in [0.1, 0.15) is 33.1 Å². The number of halogens is 3. The zero-order valence-corrected chi connectivity index (χ0v) is 9.47. The van der Waals surface area contributed by atoms with Gasteiger partial charge >= 0.3 is 6.18 Å². The summed E-state index contributed by atoms with van der Waals surface area (Å²) in [6.07, 6.45) is -4.56. The van der Waals surface area contributed by atoms with Crippen LogP contribution >= 0.6 is 0 Å². The monoisotopic (exact) mass is 238 g/mol. The van der Waals surface area contributed by atoms with Gasteiger partial charge in [-0.2, -0.15) is 18.4 Å². The largest absolute Gasteiger partial charge is 0.414 e. The second-order valence-electron chi connectivity index (χ2n) is 4.04. The van der Waals surface area contributed by atoms with E-state index in [4.69, 9.17) is 11.0 Å². The van der Waals surface area contributed by atoms with Crippen molar-refractivity contribution in [2.24, 2.45) is 5.73 Å². The van der Waals surface area contributed by atoms with E-state index in [0.717, 1.165) is 6.92 Å². The molecule has 16 heavy (non-hydrogen) atoms.